The van der Waals surface area contributed by atoms with E-state index in [9.17, 15) is 0 Å². The van der Waals surface area contributed by atoms with Crippen molar-refractivity contribution in [2.45, 2.75) is 65.4 Å². The third-order valence-corrected chi connectivity index (χ3v) is 7.10. The van der Waals surface area contributed by atoms with E-state index < -0.39 is 8.80 Å². The third kappa shape index (κ3) is 7.17. The molecule has 0 radical (unpaired) electrons. The molecule has 0 aromatic rings. The molecule has 0 aromatic carbocycles. The van der Waals surface area contributed by atoms with Gasteiger partial charge < -0.3 is 27.5 Å². The highest BCUT2D eigenvalue weighted by atomic mass is 28.4. The summed E-state index contributed by atoms with van der Waals surface area (Å²) in [6.07, 6.45) is 2.02. The highest BCUT2D eigenvalue weighted by Gasteiger charge is 2.49. The van der Waals surface area contributed by atoms with E-state index in [2.05, 4.69) is 13.8 Å². The number of epoxide rings is 1. The lowest BCUT2D eigenvalue weighted by Gasteiger charge is -2.35. The minimum atomic E-state index is -2.84. The molecule has 0 amide bonds. The molecule has 7 heteroatoms. The number of ether oxygens (including phenoxy) is 3. The number of hydrogen-bond donors (Lipinski definition) is 0. The highest BCUT2D eigenvalue weighted by Crippen LogP contribution is 2.22. The summed E-state index contributed by atoms with van der Waals surface area (Å²) in [4.78, 5) is 0. The summed E-state index contributed by atoms with van der Waals surface area (Å²) in [5.41, 5.74) is -0.169. The average molecular weight is 351 g/mol. The quantitative estimate of drug-likeness (QED) is 0.334. The van der Waals surface area contributed by atoms with Gasteiger partial charge in [0.05, 0.1) is 25.9 Å². The van der Waals surface area contributed by atoms with Gasteiger partial charge in [-0.2, -0.15) is 0 Å². The largest absolute Gasteiger partial charge is 0.531 e. The van der Waals surface area contributed by atoms with Crippen LogP contribution < -0.4 is 0 Å². The van der Waals surface area contributed by atoms with Crippen LogP contribution in [0.4, 0.5) is 0 Å². The van der Waals surface area contributed by atoms with Crippen LogP contribution in [0.25, 0.3) is 0 Å². The summed E-state index contributed by atoms with van der Waals surface area (Å²) in [5, 5.41) is 0. The van der Waals surface area contributed by atoms with E-state index in [-0.39, 0.29) is 17.9 Å². The Morgan fingerprint density at radius 2 is 1.48 bits per heavy atom. The zero-order valence-electron chi connectivity index (χ0n) is 15.3. The van der Waals surface area contributed by atoms with Crippen LogP contribution in [0.15, 0.2) is 0 Å². The molecule has 138 valence electrons. The van der Waals surface area contributed by atoms with Crippen LogP contribution in [-0.4, -0.2) is 66.4 Å². The average Bonchev–Trinajstić information content (AvgIpc) is 3.36. The second-order valence-electron chi connectivity index (χ2n) is 5.45. The fraction of sp³-hybridized carbons (Fsp3) is 1.00. The van der Waals surface area contributed by atoms with Gasteiger partial charge in [0.1, 0.15) is 11.8 Å². The zero-order valence-corrected chi connectivity index (χ0v) is 16.3. The van der Waals surface area contributed by atoms with E-state index in [4.69, 9.17) is 27.5 Å². The van der Waals surface area contributed by atoms with Crippen molar-refractivity contribution < 1.29 is 27.5 Å². The maximum atomic E-state index is 6.14. The van der Waals surface area contributed by atoms with Gasteiger partial charge in [0, 0.05) is 19.8 Å². The maximum absolute atomic E-state index is 6.14. The predicted molar refractivity (Wildman–Crippen MR) is 90.4 cm³/mol. The maximum Gasteiger partial charge on any atom is 0.531 e. The minimum absolute atomic E-state index is 0.0600. The second kappa shape index (κ2) is 11.5. The van der Waals surface area contributed by atoms with E-state index in [1.165, 1.54) is 0 Å². The smallest absolute Gasteiger partial charge is 0.373 e. The van der Waals surface area contributed by atoms with Crippen molar-refractivity contribution in [2.75, 3.05) is 39.6 Å². The van der Waals surface area contributed by atoms with Crippen molar-refractivity contribution in [3.63, 3.8) is 0 Å². The first-order chi connectivity index (χ1) is 11.2. The number of hydrogen-bond acceptors (Lipinski definition) is 6. The molecule has 1 aliphatic rings. The third-order valence-electron chi connectivity index (χ3n) is 3.66. The summed E-state index contributed by atoms with van der Waals surface area (Å²) in [6, 6.07) is 0. The molecule has 3 unspecified atom stereocenters. The first-order valence-corrected chi connectivity index (χ1v) is 10.7. The summed E-state index contributed by atoms with van der Waals surface area (Å²) in [7, 11) is -2.84. The lowest BCUT2D eigenvalue weighted by molar-refractivity contribution is -0.0607. The van der Waals surface area contributed by atoms with Crippen LogP contribution in [0.2, 0.25) is 0 Å². The second-order valence-corrected chi connectivity index (χ2v) is 8.17. The molecule has 6 nitrogen and oxygen atoms in total. The number of rotatable bonds is 15. The summed E-state index contributed by atoms with van der Waals surface area (Å²) >= 11 is 0. The molecular formula is C16H34O6Si. The van der Waals surface area contributed by atoms with Gasteiger partial charge in [0.15, 0.2) is 0 Å². The van der Waals surface area contributed by atoms with Gasteiger partial charge in [-0.1, -0.05) is 13.8 Å². The Hall–Kier alpha value is -0.0231. The normalized spacial score (nSPS) is 20.5. The Morgan fingerprint density at radius 1 is 0.913 bits per heavy atom. The van der Waals surface area contributed by atoms with Crippen LogP contribution in [0, 0.1) is 0 Å². The van der Waals surface area contributed by atoms with Crippen molar-refractivity contribution in [3.05, 3.63) is 0 Å². The van der Waals surface area contributed by atoms with Gasteiger partial charge in [-0.15, -0.1) is 0 Å². The van der Waals surface area contributed by atoms with E-state index >= 15 is 0 Å². The molecule has 1 rings (SSSR count). The van der Waals surface area contributed by atoms with E-state index in [1.54, 1.807) is 0 Å². The molecule has 0 saturated carbocycles. The molecule has 1 fully saturated rings. The molecule has 1 aliphatic heterocycles. The van der Waals surface area contributed by atoms with Gasteiger partial charge in [-0.25, -0.2) is 0 Å². The van der Waals surface area contributed by atoms with Crippen molar-refractivity contribution in [1.29, 1.82) is 0 Å². The fourth-order valence-corrected chi connectivity index (χ4v) is 5.21. The van der Waals surface area contributed by atoms with E-state index in [0.29, 0.717) is 33.0 Å². The molecule has 1 heterocycles. The Balaban J connectivity index is 2.60. The summed E-state index contributed by atoms with van der Waals surface area (Å²) in [5.74, 6) is 0. The minimum Gasteiger partial charge on any atom is -0.373 e. The first kappa shape index (κ1) is 21.0. The Labute approximate surface area is 142 Å². The van der Waals surface area contributed by atoms with Crippen molar-refractivity contribution in [2.24, 2.45) is 0 Å². The Morgan fingerprint density at radius 3 is 1.87 bits per heavy atom. The van der Waals surface area contributed by atoms with E-state index in [0.717, 1.165) is 19.4 Å². The monoisotopic (exact) mass is 350 g/mol. The van der Waals surface area contributed by atoms with Crippen LogP contribution >= 0.6 is 0 Å². The lowest BCUT2D eigenvalue weighted by Crippen LogP contribution is -2.58. The highest BCUT2D eigenvalue weighted by molar-refractivity contribution is 6.62. The fourth-order valence-electron chi connectivity index (χ4n) is 2.39. The van der Waals surface area contributed by atoms with Gasteiger partial charge in [-0.05, 0) is 33.6 Å². The molecule has 0 aliphatic carbocycles. The Kier molecular flexibility index (Phi) is 10.5. The van der Waals surface area contributed by atoms with Gasteiger partial charge >= 0.3 is 8.80 Å². The van der Waals surface area contributed by atoms with Crippen LogP contribution in [0.3, 0.4) is 0 Å². The van der Waals surface area contributed by atoms with Crippen LogP contribution in [0.5, 0.6) is 0 Å². The molecular weight excluding hydrogens is 316 g/mol. The SMILES string of the molecule is CCO[Si](OCC)(OCC)C(CC)OCC(CC)OCC1CO1. The van der Waals surface area contributed by atoms with Crippen LogP contribution in [-0.2, 0) is 27.5 Å². The standard InChI is InChI=1S/C16H34O6Si/c1-6-14(17-12-15-13-18-15)11-19-16(7-2)23(20-8-3,21-9-4)22-10-5/h14-16H,6-13H2,1-5H3. The van der Waals surface area contributed by atoms with Gasteiger partial charge in [0.25, 0.3) is 0 Å². The summed E-state index contributed by atoms with van der Waals surface area (Å²) in [6.45, 7) is 13.7. The van der Waals surface area contributed by atoms with Crippen molar-refractivity contribution in [1.82, 2.24) is 0 Å². The predicted octanol–water partition coefficient (Wildman–Crippen LogP) is 2.56. The molecule has 0 spiro atoms. The summed E-state index contributed by atoms with van der Waals surface area (Å²) < 4.78 is 35.0. The molecule has 0 aromatic heterocycles. The zero-order chi connectivity index (χ0) is 17.1. The van der Waals surface area contributed by atoms with Crippen LogP contribution in [0.1, 0.15) is 47.5 Å². The van der Waals surface area contributed by atoms with Crippen molar-refractivity contribution in [3.8, 4) is 0 Å². The molecule has 0 N–H and O–H groups in total. The van der Waals surface area contributed by atoms with Gasteiger partial charge in [-0.3, -0.25) is 0 Å². The van der Waals surface area contributed by atoms with Crippen molar-refractivity contribution >= 4 is 8.80 Å². The molecule has 1 saturated heterocycles. The molecule has 0 bridgehead atoms. The first-order valence-electron chi connectivity index (χ1n) is 8.92. The Bertz CT molecular complexity index is 283. The van der Waals surface area contributed by atoms with E-state index in [1.807, 2.05) is 20.8 Å². The topological polar surface area (TPSA) is 58.7 Å². The van der Waals surface area contributed by atoms with Gasteiger partial charge in [0.2, 0.25) is 0 Å². The molecule has 23 heavy (non-hydrogen) atoms. The molecule has 3 atom stereocenters. The lowest BCUT2D eigenvalue weighted by atomic mass is 10.3.